The minimum Gasteiger partial charge on any atom is -0.343 e. The van der Waals surface area contributed by atoms with Crippen molar-refractivity contribution >= 4 is 11.8 Å². The van der Waals surface area contributed by atoms with E-state index in [9.17, 15) is 9.59 Å². The number of carbonyl (C=O) groups is 2. The predicted molar refractivity (Wildman–Crippen MR) is 67.4 cm³/mol. The number of hydrogen-bond donors (Lipinski definition) is 1. The van der Waals surface area contributed by atoms with Crippen LogP contribution in [0.5, 0.6) is 0 Å². The van der Waals surface area contributed by atoms with Crippen molar-refractivity contribution in [2.24, 2.45) is 5.92 Å². The van der Waals surface area contributed by atoms with Crippen LogP contribution in [0, 0.1) is 5.92 Å². The molecule has 2 amide bonds. The van der Waals surface area contributed by atoms with Gasteiger partial charge in [-0.3, -0.25) is 9.59 Å². The predicted octanol–water partition coefficient (Wildman–Crippen LogP) is 1.55. The van der Waals surface area contributed by atoms with Gasteiger partial charge in [-0.15, -0.1) is 0 Å². The molecule has 1 aliphatic rings. The Bertz CT molecular complexity index is 302. The summed E-state index contributed by atoms with van der Waals surface area (Å²) in [6.45, 7) is 9.98. The Hall–Kier alpha value is -1.06. The first-order valence-electron chi connectivity index (χ1n) is 6.56. The molecule has 0 aromatic rings. The standard InChI is InChI=1S/C13H24N2O2/c1-6-10(8(3)4)15-11(7-2)12(16)14-9(5)13(15)17/h8-11H,6-7H2,1-5H3,(H,14,16). The van der Waals surface area contributed by atoms with Crippen LogP contribution >= 0.6 is 0 Å². The molecule has 3 atom stereocenters. The van der Waals surface area contributed by atoms with E-state index in [1.54, 1.807) is 6.92 Å². The number of piperazine rings is 1. The summed E-state index contributed by atoms with van der Waals surface area (Å²) in [5.74, 6) is 0.409. The van der Waals surface area contributed by atoms with Crippen molar-refractivity contribution in [3.63, 3.8) is 0 Å². The van der Waals surface area contributed by atoms with E-state index in [2.05, 4.69) is 26.1 Å². The normalized spacial score (nSPS) is 27.3. The zero-order valence-corrected chi connectivity index (χ0v) is 11.5. The Kier molecular flexibility index (Phi) is 4.54. The third-order valence-electron chi connectivity index (χ3n) is 3.55. The minimum absolute atomic E-state index is 0.0151. The molecule has 4 heteroatoms. The van der Waals surface area contributed by atoms with Crippen molar-refractivity contribution in [3.05, 3.63) is 0 Å². The van der Waals surface area contributed by atoms with Crippen LogP contribution < -0.4 is 5.32 Å². The fraction of sp³-hybridized carbons (Fsp3) is 0.846. The van der Waals surface area contributed by atoms with Gasteiger partial charge in [-0.05, 0) is 25.7 Å². The summed E-state index contributed by atoms with van der Waals surface area (Å²) < 4.78 is 0. The third-order valence-corrected chi connectivity index (χ3v) is 3.55. The third kappa shape index (κ3) is 2.61. The highest BCUT2D eigenvalue weighted by atomic mass is 16.2. The highest BCUT2D eigenvalue weighted by molar-refractivity contribution is 5.96. The molecule has 3 unspecified atom stereocenters. The lowest BCUT2D eigenvalue weighted by Crippen LogP contribution is -2.65. The molecule has 0 aromatic carbocycles. The number of hydrogen-bond acceptors (Lipinski definition) is 2. The van der Waals surface area contributed by atoms with Crippen molar-refractivity contribution < 1.29 is 9.59 Å². The van der Waals surface area contributed by atoms with Gasteiger partial charge < -0.3 is 10.2 Å². The first-order valence-corrected chi connectivity index (χ1v) is 6.56. The molecule has 1 fully saturated rings. The summed E-state index contributed by atoms with van der Waals surface area (Å²) >= 11 is 0. The Labute approximate surface area is 104 Å². The smallest absolute Gasteiger partial charge is 0.245 e. The molecule has 0 spiro atoms. The average Bonchev–Trinajstić information content (AvgIpc) is 2.25. The van der Waals surface area contributed by atoms with Crippen LogP contribution in [0.3, 0.4) is 0 Å². The largest absolute Gasteiger partial charge is 0.343 e. The van der Waals surface area contributed by atoms with Crippen LogP contribution in [0.4, 0.5) is 0 Å². The van der Waals surface area contributed by atoms with E-state index in [0.29, 0.717) is 12.3 Å². The molecule has 0 aromatic heterocycles. The average molecular weight is 240 g/mol. The van der Waals surface area contributed by atoms with Crippen LogP contribution in [0.1, 0.15) is 47.5 Å². The van der Waals surface area contributed by atoms with E-state index in [-0.39, 0.29) is 23.9 Å². The lowest BCUT2D eigenvalue weighted by Gasteiger charge is -2.43. The highest BCUT2D eigenvalue weighted by Gasteiger charge is 2.41. The number of carbonyl (C=O) groups excluding carboxylic acids is 2. The van der Waals surface area contributed by atoms with Crippen LogP contribution in [-0.2, 0) is 9.59 Å². The summed E-state index contributed by atoms with van der Waals surface area (Å²) in [5, 5.41) is 2.75. The van der Waals surface area contributed by atoms with E-state index in [1.165, 1.54) is 0 Å². The van der Waals surface area contributed by atoms with Crippen LogP contribution in [0.2, 0.25) is 0 Å². The number of nitrogens with zero attached hydrogens (tertiary/aromatic N) is 1. The van der Waals surface area contributed by atoms with Gasteiger partial charge in [-0.1, -0.05) is 27.7 Å². The summed E-state index contributed by atoms with van der Waals surface area (Å²) in [5.41, 5.74) is 0. The molecule has 1 aliphatic heterocycles. The van der Waals surface area contributed by atoms with Gasteiger partial charge >= 0.3 is 0 Å². The maximum Gasteiger partial charge on any atom is 0.245 e. The van der Waals surface area contributed by atoms with Crippen molar-refractivity contribution in [1.82, 2.24) is 10.2 Å². The van der Waals surface area contributed by atoms with E-state index in [1.807, 2.05) is 11.8 Å². The van der Waals surface area contributed by atoms with Crippen molar-refractivity contribution in [2.75, 3.05) is 0 Å². The molecular weight excluding hydrogens is 216 g/mol. The lowest BCUT2D eigenvalue weighted by atomic mass is 9.94. The van der Waals surface area contributed by atoms with Crippen LogP contribution in [-0.4, -0.2) is 34.8 Å². The molecular formula is C13H24N2O2. The lowest BCUT2D eigenvalue weighted by molar-refractivity contribution is -0.153. The molecule has 0 aliphatic carbocycles. The monoisotopic (exact) mass is 240 g/mol. The van der Waals surface area contributed by atoms with Gasteiger partial charge in [0.2, 0.25) is 11.8 Å². The number of rotatable bonds is 4. The molecule has 17 heavy (non-hydrogen) atoms. The molecule has 0 radical (unpaired) electrons. The summed E-state index contributed by atoms with van der Waals surface area (Å²) in [4.78, 5) is 26.0. The first kappa shape index (κ1) is 14.0. The number of amides is 2. The molecule has 1 N–H and O–H groups in total. The van der Waals surface area contributed by atoms with Crippen molar-refractivity contribution in [1.29, 1.82) is 0 Å². The Morgan fingerprint density at radius 1 is 1.29 bits per heavy atom. The highest BCUT2D eigenvalue weighted by Crippen LogP contribution is 2.23. The molecule has 0 saturated carbocycles. The van der Waals surface area contributed by atoms with Gasteiger partial charge in [0, 0.05) is 6.04 Å². The van der Waals surface area contributed by atoms with Crippen molar-refractivity contribution in [3.8, 4) is 0 Å². The van der Waals surface area contributed by atoms with E-state index >= 15 is 0 Å². The van der Waals surface area contributed by atoms with E-state index in [4.69, 9.17) is 0 Å². The van der Waals surface area contributed by atoms with Crippen molar-refractivity contribution in [2.45, 2.75) is 65.6 Å². The maximum atomic E-state index is 12.3. The number of nitrogens with one attached hydrogen (secondary N) is 1. The van der Waals surface area contributed by atoms with Crippen LogP contribution in [0.25, 0.3) is 0 Å². The second kappa shape index (κ2) is 5.52. The van der Waals surface area contributed by atoms with Gasteiger partial charge in [0.25, 0.3) is 0 Å². The molecule has 4 nitrogen and oxygen atoms in total. The van der Waals surface area contributed by atoms with Gasteiger partial charge in [0.1, 0.15) is 12.1 Å². The Morgan fingerprint density at radius 2 is 1.88 bits per heavy atom. The maximum absolute atomic E-state index is 12.3. The summed E-state index contributed by atoms with van der Waals surface area (Å²) in [6.07, 6.45) is 1.56. The topological polar surface area (TPSA) is 49.4 Å². The fourth-order valence-corrected chi connectivity index (χ4v) is 2.64. The fourth-order valence-electron chi connectivity index (χ4n) is 2.64. The summed E-state index contributed by atoms with van der Waals surface area (Å²) in [7, 11) is 0. The Morgan fingerprint density at radius 3 is 2.29 bits per heavy atom. The SMILES string of the molecule is CCC1C(=O)NC(C)C(=O)N1C(CC)C(C)C. The van der Waals surface area contributed by atoms with Crippen LogP contribution in [0.15, 0.2) is 0 Å². The quantitative estimate of drug-likeness (QED) is 0.810. The minimum atomic E-state index is -0.391. The zero-order chi connectivity index (χ0) is 13.2. The molecule has 1 heterocycles. The molecule has 1 rings (SSSR count). The molecule has 98 valence electrons. The molecule has 0 bridgehead atoms. The second-order valence-corrected chi connectivity index (χ2v) is 5.12. The van der Waals surface area contributed by atoms with Gasteiger partial charge in [0.05, 0.1) is 0 Å². The Balaban J connectivity index is 3.03. The van der Waals surface area contributed by atoms with Gasteiger partial charge in [-0.25, -0.2) is 0 Å². The van der Waals surface area contributed by atoms with Gasteiger partial charge in [0.15, 0.2) is 0 Å². The second-order valence-electron chi connectivity index (χ2n) is 5.12. The molecule has 1 saturated heterocycles. The van der Waals surface area contributed by atoms with E-state index < -0.39 is 6.04 Å². The summed E-state index contributed by atoms with van der Waals surface area (Å²) in [6, 6.07) is -0.537. The van der Waals surface area contributed by atoms with E-state index in [0.717, 1.165) is 6.42 Å². The zero-order valence-electron chi connectivity index (χ0n) is 11.5. The first-order chi connectivity index (χ1) is 7.93. The van der Waals surface area contributed by atoms with Gasteiger partial charge in [-0.2, -0.15) is 0 Å².